The molecule has 2 aromatic heterocycles. The lowest BCUT2D eigenvalue weighted by Crippen LogP contribution is -2.14. The molecule has 0 bridgehead atoms. The van der Waals surface area contributed by atoms with E-state index in [0.29, 0.717) is 5.13 Å². The molecule has 0 aliphatic heterocycles. The number of nitrogens with one attached hydrogen (secondary N) is 2. The van der Waals surface area contributed by atoms with Crippen LogP contribution >= 0.6 is 22.7 Å². The maximum Gasteiger partial charge on any atom is 0.232 e. The van der Waals surface area contributed by atoms with Gasteiger partial charge in [0.1, 0.15) is 0 Å². The molecule has 7 heteroatoms. The summed E-state index contributed by atoms with van der Waals surface area (Å²) in [6, 6.07) is 15.9. The molecule has 2 aromatic carbocycles. The van der Waals surface area contributed by atoms with Gasteiger partial charge in [0.15, 0.2) is 10.3 Å². The summed E-state index contributed by atoms with van der Waals surface area (Å²) in [6.45, 7) is 2.04. The minimum atomic E-state index is -0.114. The zero-order chi connectivity index (χ0) is 17.9. The molecule has 0 radical (unpaired) electrons. The number of carbonyl (C=O) groups excluding carboxylic acids is 1. The third kappa shape index (κ3) is 3.89. The number of aryl methyl sites for hydroxylation is 1. The Morgan fingerprint density at radius 1 is 1.08 bits per heavy atom. The molecule has 0 aliphatic rings. The first kappa shape index (κ1) is 16.7. The van der Waals surface area contributed by atoms with Crippen molar-refractivity contribution in [3.63, 3.8) is 0 Å². The summed E-state index contributed by atoms with van der Waals surface area (Å²) >= 11 is 2.97. The van der Waals surface area contributed by atoms with Gasteiger partial charge in [0.2, 0.25) is 5.91 Å². The number of carbonyl (C=O) groups is 1. The van der Waals surface area contributed by atoms with E-state index >= 15 is 0 Å². The number of para-hydroxylation sites is 1. The Bertz CT molecular complexity index is 1060. The van der Waals surface area contributed by atoms with E-state index in [-0.39, 0.29) is 12.3 Å². The van der Waals surface area contributed by atoms with E-state index < -0.39 is 0 Å². The molecule has 4 rings (SSSR count). The highest BCUT2D eigenvalue weighted by Gasteiger charge is 2.11. The van der Waals surface area contributed by atoms with Crippen LogP contribution in [-0.4, -0.2) is 15.9 Å². The van der Waals surface area contributed by atoms with Crippen LogP contribution in [0, 0.1) is 6.92 Å². The number of aromatic nitrogens is 2. The third-order valence-electron chi connectivity index (χ3n) is 3.71. The number of anilines is 3. The van der Waals surface area contributed by atoms with Crippen LogP contribution < -0.4 is 10.6 Å². The molecular weight excluding hydrogens is 364 g/mol. The summed E-state index contributed by atoms with van der Waals surface area (Å²) in [4.78, 5) is 21.2. The van der Waals surface area contributed by atoms with Crippen molar-refractivity contribution >= 4 is 54.7 Å². The fourth-order valence-electron chi connectivity index (χ4n) is 2.50. The smallest absolute Gasteiger partial charge is 0.232 e. The van der Waals surface area contributed by atoms with Gasteiger partial charge in [-0.3, -0.25) is 4.79 Å². The summed E-state index contributed by atoms with van der Waals surface area (Å²) in [5, 5.41) is 9.39. The van der Waals surface area contributed by atoms with Gasteiger partial charge < -0.3 is 10.6 Å². The first-order valence-electron chi connectivity index (χ1n) is 8.09. The summed E-state index contributed by atoms with van der Waals surface area (Å²) < 4.78 is 1.07. The molecule has 1 amide bonds. The van der Waals surface area contributed by atoms with Crippen LogP contribution in [0.25, 0.3) is 10.2 Å². The highest BCUT2D eigenvalue weighted by atomic mass is 32.1. The monoisotopic (exact) mass is 380 g/mol. The van der Waals surface area contributed by atoms with Gasteiger partial charge in [-0.25, -0.2) is 9.97 Å². The van der Waals surface area contributed by atoms with Crippen molar-refractivity contribution in [2.45, 2.75) is 13.3 Å². The second-order valence-electron chi connectivity index (χ2n) is 5.85. The topological polar surface area (TPSA) is 66.9 Å². The van der Waals surface area contributed by atoms with Crippen LogP contribution in [0.1, 0.15) is 11.3 Å². The van der Waals surface area contributed by atoms with Gasteiger partial charge in [-0.1, -0.05) is 35.6 Å². The number of hydrogen-bond donors (Lipinski definition) is 2. The van der Waals surface area contributed by atoms with Crippen molar-refractivity contribution in [1.29, 1.82) is 0 Å². The lowest BCUT2D eigenvalue weighted by Gasteiger charge is -2.01. The highest BCUT2D eigenvalue weighted by molar-refractivity contribution is 7.22. The summed E-state index contributed by atoms with van der Waals surface area (Å²) in [6.07, 6.45) is 0.224. The Morgan fingerprint density at radius 3 is 2.77 bits per heavy atom. The Hall–Kier alpha value is -2.77. The Kier molecular flexibility index (Phi) is 4.64. The largest absolute Gasteiger partial charge is 0.332 e. The van der Waals surface area contributed by atoms with E-state index in [2.05, 4.69) is 26.7 Å². The van der Waals surface area contributed by atoms with Crippen molar-refractivity contribution in [2.24, 2.45) is 0 Å². The zero-order valence-electron chi connectivity index (χ0n) is 14.0. The van der Waals surface area contributed by atoms with Gasteiger partial charge in [0.25, 0.3) is 0 Å². The molecule has 0 unspecified atom stereocenters. The van der Waals surface area contributed by atoms with Gasteiger partial charge in [-0.2, -0.15) is 0 Å². The Balaban J connectivity index is 1.40. The highest BCUT2D eigenvalue weighted by Crippen LogP contribution is 2.27. The number of hydrogen-bond acceptors (Lipinski definition) is 6. The molecule has 0 saturated carbocycles. The van der Waals surface area contributed by atoms with E-state index in [4.69, 9.17) is 0 Å². The first-order valence-corrected chi connectivity index (χ1v) is 9.79. The molecule has 5 nitrogen and oxygen atoms in total. The fraction of sp³-hybridized carbons (Fsp3) is 0.105. The van der Waals surface area contributed by atoms with Crippen LogP contribution in [0.3, 0.4) is 0 Å². The zero-order valence-corrected chi connectivity index (χ0v) is 15.7. The summed E-state index contributed by atoms with van der Waals surface area (Å²) in [5.74, 6) is -0.114. The average Bonchev–Trinajstić information content (AvgIpc) is 3.21. The number of fused-ring (bicyclic) bond motifs is 1. The molecule has 0 atom stereocenters. The van der Waals surface area contributed by atoms with Gasteiger partial charge in [0.05, 0.1) is 22.3 Å². The normalized spacial score (nSPS) is 10.8. The second-order valence-corrected chi connectivity index (χ2v) is 7.74. The number of amides is 1. The van der Waals surface area contributed by atoms with E-state index in [1.54, 1.807) is 0 Å². The number of rotatable bonds is 5. The molecule has 130 valence electrons. The van der Waals surface area contributed by atoms with E-state index in [9.17, 15) is 4.79 Å². The molecule has 2 N–H and O–H groups in total. The predicted molar refractivity (Wildman–Crippen MR) is 109 cm³/mol. The summed E-state index contributed by atoms with van der Waals surface area (Å²) in [5.41, 5.74) is 3.80. The van der Waals surface area contributed by atoms with Crippen molar-refractivity contribution in [3.05, 3.63) is 65.2 Å². The van der Waals surface area contributed by atoms with Crippen molar-refractivity contribution in [3.8, 4) is 0 Å². The number of nitrogens with zero attached hydrogens (tertiary/aromatic N) is 2. The van der Waals surface area contributed by atoms with Crippen LogP contribution in [-0.2, 0) is 11.2 Å². The molecule has 2 heterocycles. The molecule has 0 fully saturated rings. The van der Waals surface area contributed by atoms with Crippen LogP contribution in [0.4, 0.5) is 16.0 Å². The Labute approximate surface area is 158 Å². The molecule has 0 aliphatic carbocycles. The molecule has 26 heavy (non-hydrogen) atoms. The van der Waals surface area contributed by atoms with E-state index in [0.717, 1.165) is 26.7 Å². The standard InChI is InChI=1S/C19H16N4OS2/c1-12-7-8-15-16(9-12)26-19(22-15)23-17(24)10-14-11-25-18(21-14)20-13-5-3-2-4-6-13/h2-9,11H,10H2,1H3,(H,20,21)(H,22,23,24). The number of thiazole rings is 2. The Morgan fingerprint density at radius 2 is 1.92 bits per heavy atom. The van der Waals surface area contributed by atoms with Gasteiger partial charge >= 0.3 is 0 Å². The first-order chi connectivity index (χ1) is 12.7. The van der Waals surface area contributed by atoms with Gasteiger partial charge in [0, 0.05) is 11.1 Å². The van der Waals surface area contributed by atoms with E-state index in [1.807, 2.05) is 54.8 Å². The van der Waals surface area contributed by atoms with Crippen LogP contribution in [0.15, 0.2) is 53.9 Å². The molecule has 4 aromatic rings. The van der Waals surface area contributed by atoms with Crippen molar-refractivity contribution in [1.82, 2.24) is 9.97 Å². The predicted octanol–water partition coefficient (Wildman–Crippen LogP) is 4.99. The maximum absolute atomic E-state index is 12.3. The fourth-order valence-corrected chi connectivity index (χ4v) is 4.21. The molecule has 0 saturated heterocycles. The van der Waals surface area contributed by atoms with Crippen LogP contribution in [0.5, 0.6) is 0 Å². The van der Waals surface area contributed by atoms with E-state index in [1.165, 1.54) is 28.2 Å². The minimum Gasteiger partial charge on any atom is -0.332 e. The second kappa shape index (κ2) is 7.23. The van der Waals surface area contributed by atoms with Crippen molar-refractivity contribution < 1.29 is 4.79 Å². The molecular formula is C19H16N4OS2. The average molecular weight is 380 g/mol. The molecule has 0 spiro atoms. The summed E-state index contributed by atoms with van der Waals surface area (Å²) in [7, 11) is 0. The van der Waals surface area contributed by atoms with Gasteiger partial charge in [-0.15, -0.1) is 11.3 Å². The SMILES string of the molecule is Cc1ccc2nc(NC(=O)Cc3csc(Nc4ccccc4)n3)sc2c1. The lowest BCUT2D eigenvalue weighted by molar-refractivity contribution is -0.115. The lowest BCUT2D eigenvalue weighted by atomic mass is 10.2. The van der Waals surface area contributed by atoms with Gasteiger partial charge in [-0.05, 0) is 36.8 Å². The maximum atomic E-state index is 12.3. The third-order valence-corrected chi connectivity index (χ3v) is 5.45. The van der Waals surface area contributed by atoms with Crippen LogP contribution in [0.2, 0.25) is 0 Å². The quantitative estimate of drug-likeness (QED) is 0.512. The number of benzene rings is 2. The minimum absolute atomic E-state index is 0.114. The van der Waals surface area contributed by atoms with Crippen molar-refractivity contribution in [2.75, 3.05) is 10.6 Å².